The molecule has 1 aromatic heterocycles. The van der Waals surface area contributed by atoms with Crippen molar-refractivity contribution in [1.82, 2.24) is 20.1 Å². The van der Waals surface area contributed by atoms with E-state index >= 15 is 0 Å². The standard InChI is InChI=1S/C20H20Cl2N4OS/c1-3-26-18(13(2)23-19(27)14-8-10-16(21)11-9-14)24-25-20(26)28-12-15-6-4-5-7-17(15)22/h4-11,13H,3,12H2,1-2H3,(H,23,27). The van der Waals surface area contributed by atoms with Crippen molar-refractivity contribution >= 4 is 40.9 Å². The third-order valence-electron chi connectivity index (χ3n) is 4.22. The number of carbonyl (C=O) groups excluding carboxylic acids is 1. The highest BCUT2D eigenvalue weighted by Gasteiger charge is 2.19. The molecule has 0 aliphatic carbocycles. The second kappa shape index (κ2) is 9.45. The largest absolute Gasteiger partial charge is 0.342 e. The van der Waals surface area contributed by atoms with E-state index in [1.807, 2.05) is 42.7 Å². The van der Waals surface area contributed by atoms with Crippen molar-refractivity contribution in [1.29, 1.82) is 0 Å². The molecule has 0 radical (unpaired) electrons. The first-order chi connectivity index (χ1) is 13.5. The zero-order valence-electron chi connectivity index (χ0n) is 15.5. The summed E-state index contributed by atoms with van der Waals surface area (Å²) < 4.78 is 2.01. The van der Waals surface area contributed by atoms with Crippen LogP contribution in [0.3, 0.4) is 0 Å². The Hall–Kier alpha value is -2.02. The number of amides is 1. The third-order valence-corrected chi connectivity index (χ3v) is 5.85. The van der Waals surface area contributed by atoms with E-state index in [2.05, 4.69) is 15.5 Å². The molecule has 3 rings (SSSR count). The summed E-state index contributed by atoms with van der Waals surface area (Å²) in [6.45, 7) is 4.63. The van der Waals surface area contributed by atoms with Gasteiger partial charge >= 0.3 is 0 Å². The Kier molecular flexibility index (Phi) is 6.99. The lowest BCUT2D eigenvalue weighted by atomic mass is 10.2. The summed E-state index contributed by atoms with van der Waals surface area (Å²) >= 11 is 13.7. The summed E-state index contributed by atoms with van der Waals surface area (Å²) in [5.74, 6) is 1.23. The third kappa shape index (κ3) is 4.87. The summed E-state index contributed by atoms with van der Waals surface area (Å²) in [6, 6.07) is 14.2. The predicted molar refractivity (Wildman–Crippen MR) is 114 cm³/mol. The number of aromatic nitrogens is 3. The van der Waals surface area contributed by atoms with Gasteiger partial charge in [0, 0.05) is 27.9 Å². The van der Waals surface area contributed by atoms with Gasteiger partial charge in [0.05, 0.1) is 6.04 Å². The van der Waals surface area contributed by atoms with Gasteiger partial charge in [-0.3, -0.25) is 4.79 Å². The van der Waals surface area contributed by atoms with Gasteiger partial charge in [0.2, 0.25) is 0 Å². The lowest BCUT2D eigenvalue weighted by Crippen LogP contribution is -2.28. The molecule has 28 heavy (non-hydrogen) atoms. The van der Waals surface area contributed by atoms with Gasteiger partial charge in [0.25, 0.3) is 5.91 Å². The number of benzene rings is 2. The van der Waals surface area contributed by atoms with E-state index in [0.29, 0.717) is 28.7 Å². The number of hydrogen-bond donors (Lipinski definition) is 1. The van der Waals surface area contributed by atoms with E-state index in [-0.39, 0.29) is 11.9 Å². The average molecular weight is 435 g/mol. The van der Waals surface area contributed by atoms with Crippen LogP contribution in [-0.2, 0) is 12.3 Å². The van der Waals surface area contributed by atoms with Crippen LogP contribution in [-0.4, -0.2) is 20.7 Å². The first kappa shape index (κ1) is 20.7. The van der Waals surface area contributed by atoms with E-state index in [1.54, 1.807) is 36.0 Å². The molecule has 1 atom stereocenters. The van der Waals surface area contributed by atoms with Gasteiger partial charge in [-0.05, 0) is 49.7 Å². The number of hydrogen-bond acceptors (Lipinski definition) is 4. The highest BCUT2D eigenvalue weighted by molar-refractivity contribution is 7.98. The minimum atomic E-state index is -0.287. The van der Waals surface area contributed by atoms with Crippen molar-refractivity contribution in [3.05, 3.63) is 75.5 Å². The van der Waals surface area contributed by atoms with Gasteiger partial charge in [-0.1, -0.05) is 53.2 Å². The molecule has 146 valence electrons. The summed E-state index contributed by atoms with van der Waals surface area (Å²) in [4.78, 5) is 12.5. The molecular weight excluding hydrogens is 415 g/mol. The van der Waals surface area contributed by atoms with Crippen molar-refractivity contribution in [3.63, 3.8) is 0 Å². The summed E-state index contributed by atoms with van der Waals surface area (Å²) in [5, 5.41) is 13.7. The van der Waals surface area contributed by atoms with Crippen LogP contribution >= 0.6 is 35.0 Å². The molecule has 3 aromatic rings. The average Bonchev–Trinajstić information content (AvgIpc) is 3.11. The second-order valence-electron chi connectivity index (χ2n) is 6.17. The second-order valence-corrected chi connectivity index (χ2v) is 7.95. The lowest BCUT2D eigenvalue weighted by molar-refractivity contribution is 0.0937. The molecule has 1 N–H and O–H groups in total. The molecule has 5 nitrogen and oxygen atoms in total. The van der Waals surface area contributed by atoms with Gasteiger partial charge in [0.1, 0.15) is 0 Å². The van der Waals surface area contributed by atoms with Crippen LogP contribution in [0.2, 0.25) is 10.0 Å². The molecule has 0 saturated heterocycles. The van der Waals surface area contributed by atoms with Crippen LogP contribution < -0.4 is 5.32 Å². The molecule has 0 aliphatic heterocycles. The number of nitrogens with one attached hydrogen (secondary N) is 1. The number of carbonyl (C=O) groups is 1. The maximum atomic E-state index is 12.5. The minimum absolute atomic E-state index is 0.180. The molecular formula is C20H20Cl2N4OS. The van der Waals surface area contributed by atoms with Crippen molar-refractivity contribution in [2.45, 2.75) is 37.3 Å². The van der Waals surface area contributed by atoms with Crippen LogP contribution in [0.5, 0.6) is 0 Å². The van der Waals surface area contributed by atoms with Crippen LogP contribution in [0.25, 0.3) is 0 Å². The topological polar surface area (TPSA) is 59.8 Å². The normalized spacial score (nSPS) is 12.0. The highest BCUT2D eigenvalue weighted by Crippen LogP contribution is 2.27. The molecule has 1 unspecified atom stereocenters. The molecule has 8 heteroatoms. The van der Waals surface area contributed by atoms with E-state index in [9.17, 15) is 4.79 Å². The quantitative estimate of drug-likeness (QED) is 0.506. The Labute approximate surface area is 178 Å². The van der Waals surface area contributed by atoms with Crippen LogP contribution in [0.4, 0.5) is 0 Å². The number of thioether (sulfide) groups is 1. The number of rotatable bonds is 7. The Morgan fingerprint density at radius 3 is 2.54 bits per heavy atom. The van der Waals surface area contributed by atoms with Crippen molar-refractivity contribution in [3.8, 4) is 0 Å². The van der Waals surface area contributed by atoms with E-state index in [0.717, 1.165) is 15.7 Å². The maximum Gasteiger partial charge on any atom is 0.251 e. The summed E-state index contributed by atoms with van der Waals surface area (Å²) in [7, 11) is 0. The highest BCUT2D eigenvalue weighted by atomic mass is 35.5. The Bertz CT molecular complexity index is 959. The SMILES string of the molecule is CCn1c(SCc2ccccc2Cl)nnc1C(C)NC(=O)c1ccc(Cl)cc1. The molecule has 1 amide bonds. The van der Waals surface area contributed by atoms with Gasteiger partial charge in [-0.2, -0.15) is 0 Å². The smallest absolute Gasteiger partial charge is 0.251 e. The first-order valence-corrected chi connectivity index (χ1v) is 10.6. The van der Waals surface area contributed by atoms with E-state index in [4.69, 9.17) is 23.2 Å². The molecule has 0 spiro atoms. The van der Waals surface area contributed by atoms with E-state index < -0.39 is 0 Å². The first-order valence-electron chi connectivity index (χ1n) is 8.85. The fraction of sp³-hybridized carbons (Fsp3) is 0.250. The zero-order chi connectivity index (χ0) is 20.1. The zero-order valence-corrected chi connectivity index (χ0v) is 17.9. The molecule has 0 aliphatic rings. The number of halogens is 2. The molecule has 2 aromatic carbocycles. The number of nitrogens with zero attached hydrogens (tertiary/aromatic N) is 3. The molecule has 0 saturated carbocycles. The maximum absolute atomic E-state index is 12.5. The van der Waals surface area contributed by atoms with Gasteiger partial charge < -0.3 is 9.88 Å². The monoisotopic (exact) mass is 434 g/mol. The Morgan fingerprint density at radius 1 is 1.14 bits per heavy atom. The van der Waals surface area contributed by atoms with Gasteiger partial charge in [-0.15, -0.1) is 10.2 Å². The Balaban J connectivity index is 1.70. The van der Waals surface area contributed by atoms with Crippen LogP contribution in [0.15, 0.2) is 53.7 Å². The van der Waals surface area contributed by atoms with Crippen molar-refractivity contribution < 1.29 is 4.79 Å². The fourth-order valence-corrected chi connectivity index (χ4v) is 4.15. The lowest BCUT2D eigenvalue weighted by Gasteiger charge is -2.15. The summed E-state index contributed by atoms with van der Waals surface area (Å²) in [5.41, 5.74) is 1.59. The minimum Gasteiger partial charge on any atom is -0.342 e. The fourth-order valence-electron chi connectivity index (χ4n) is 2.73. The van der Waals surface area contributed by atoms with Crippen molar-refractivity contribution in [2.24, 2.45) is 0 Å². The Morgan fingerprint density at radius 2 is 1.86 bits per heavy atom. The summed E-state index contributed by atoms with van der Waals surface area (Å²) in [6.07, 6.45) is 0. The molecule has 0 bridgehead atoms. The van der Waals surface area contributed by atoms with Gasteiger partial charge in [0.15, 0.2) is 11.0 Å². The van der Waals surface area contributed by atoms with Crippen molar-refractivity contribution in [2.75, 3.05) is 0 Å². The van der Waals surface area contributed by atoms with E-state index in [1.165, 1.54) is 0 Å². The van der Waals surface area contributed by atoms with Gasteiger partial charge in [-0.25, -0.2) is 0 Å². The van der Waals surface area contributed by atoms with Crippen LogP contribution in [0.1, 0.15) is 41.6 Å². The molecule has 0 fully saturated rings. The molecule has 1 heterocycles. The predicted octanol–water partition coefficient (Wildman–Crippen LogP) is 5.39. The van der Waals surface area contributed by atoms with Crippen LogP contribution in [0, 0.1) is 0 Å².